The van der Waals surface area contributed by atoms with E-state index in [-0.39, 0.29) is 11.7 Å². The number of hydrogen-bond donors (Lipinski definition) is 1. The van der Waals surface area contributed by atoms with Crippen molar-refractivity contribution in [2.75, 3.05) is 37.4 Å². The van der Waals surface area contributed by atoms with Gasteiger partial charge < -0.3 is 10.1 Å². The second kappa shape index (κ2) is 9.28. The van der Waals surface area contributed by atoms with Crippen LogP contribution in [0.1, 0.15) is 11.1 Å². The lowest BCUT2D eigenvalue weighted by Crippen LogP contribution is -2.35. The molecular formula is C24H25N5O2S. The Kier molecular flexibility index (Phi) is 6.07. The Labute approximate surface area is 190 Å². The molecule has 1 fully saturated rings. The average Bonchev–Trinajstić information content (AvgIpc) is 3.23. The van der Waals surface area contributed by atoms with Crippen molar-refractivity contribution in [2.45, 2.75) is 18.6 Å². The number of fused-ring (bicyclic) bond motifs is 3. The van der Waals surface area contributed by atoms with Gasteiger partial charge in [0.05, 0.1) is 24.5 Å². The number of rotatable bonds is 6. The molecule has 3 heterocycles. The van der Waals surface area contributed by atoms with Crippen molar-refractivity contribution in [2.24, 2.45) is 0 Å². The van der Waals surface area contributed by atoms with Crippen molar-refractivity contribution >= 4 is 39.9 Å². The summed E-state index contributed by atoms with van der Waals surface area (Å²) in [5.41, 5.74) is 5.03. The van der Waals surface area contributed by atoms with Crippen molar-refractivity contribution in [3.63, 3.8) is 0 Å². The minimum atomic E-state index is -0.0657. The van der Waals surface area contributed by atoms with Crippen LogP contribution in [0.25, 0.3) is 16.6 Å². The number of nitrogens with zero attached hydrogens (tertiary/aromatic N) is 4. The summed E-state index contributed by atoms with van der Waals surface area (Å²) in [4.78, 5) is 14.9. The van der Waals surface area contributed by atoms with Gasteiger partial charge in [-0.05, 0) is 42.3 Å². The maximum absolute atomic E-state index is 12.6. The number of amides is 1. The third-order valence-electron chi connectivity index (χ3n) is 5.65. The van der Waals surface area contributed by atoms with Crippen molar-refractivity contribution < 1.29 is 9.53 Å². The Morgan fingerprint density at radius 3 is 2.69 bits per heavy atom. The Hall–Kier alpha value is -2.94. The molecule has 0 unspecified atom stereocenters. The zero-order chi connectivity index (χ0) is 21.9. The number of ether oxygens (including phenoxy) is 1. The molecule has 0 saturated carbocycles. The maximum atomic E-state index is 12.6. The number of carbonyl (C=O) groups excluding carboxylic acids is 1. The van der Waals surface area contributed by atoms with Gasteiger partial charge in [0.2, 0.25) is 5.91 Å². The number of pyridine rings is 1. The van der Waals surface area contributed by atoms with E-state index in [0.717, 1.165) is 60.6 Å². The van der Waals surface area contributed by atoms with Gasteiger partial charge >= 0.3 is 0 Å². The van der Waals surface area contributed by atoms with Crippen LogP contribution in [0.4, 0.5) is 5.69 Å². The molecule has 0 radical (unpaired) electrons. The minimum Gasteiger partial charge on any atom is -0.379 e. The number of morpholine rings is 1. The van der Waals surface area contributed by atoms with Gasteiger partial charge in [-0.25, -0.2) is 0 Å². The molecule has 0 spiro atoms. The number of benzene rings is 2. The zero-order valence-corrected chi connectivity index (χ0v) is 18.8. The fraction of sp³-hybridized carbons (Fsp3) is 0.292. The SMILES string of the molecule is Cc1cc2nnc(SCC(=O)Nc3ccc(CN4CCOCC4)cc3)n2c2ccccc12. The predicted octanol–water partition coefficient (Wildman–Crippen LogP) is 3.75. The number of hydrogen-bond acceptors (Lipinski definition) is 6. The van der Waals surface area contributed by atoms with Gasteiger partial charge in [0.25, 0.3) is 0 Å². The first-order chi connectivity index (χ1) is 15.7. The summed E-state index contributed by atoms with van der Waals surface area (Å²) in [7, 11) is 0. The van der Waals surface area contributed by atoms with Gasteiger partial charge in [0.1, 0.15) is 0 Å². The van der Waals surface area contributed by atoms with Crippen molar-refractivity contribution in [3.8, 4) is 0 Å². The molecule has 1 aliphatic rings. The van der Waals surface area contributed by atoms with E-state index in [1.807, 2.05) is 34.7 Å². The van der Waals surface area contributed by atoms with Crippen molar-refractivity contribution in [1.29, 1.82) is 0 Å². The average molecular weight is 448 g/mol. The topological polar surface area (TPSA) is 71.8 Å². The number of aryl methyl sites for hydroxylation is 1. The highest BCUT2D eigenvalue weighted by atomic mass is 32.2. The number of aromatic nitrogens is 3. The summed E-state index contributed by atoms with van der Waals surface area (Å²) >= 11 is 1.39. The summed E-state index contributed by atoms with van der Waals surface area (Å²) in [5, 5.41) is 13.5. The van der Waals surface area contributed by atoms with Gasteiger partial charge in [0, 0.05) is 30.7 Å². The molecule has 0 aliphatic carbocycles. The van der Waals surface area contributed by atoms with Gasteiger partial charge in [-0.3, -0.25) is 14.1 Å². The van der Waals surface area contributed by atoms with E-state index in [1.54, 1.807) is 0 Å². The number of para-hydroxylation sites is 1. The highest BCUT2D eigenvalue weighted by Gasteiger charge is 2.14. The van der Waals surface area contributed by atoms with Crippen LogP contribution < -0.4 is 5.32 Å². The van der Waals surface area contributed by atoms with Gasteiger partial charge in [-0.15, -0.1) is 10.2 Å². The molecule has 7 nitrogen and oxygen atoms in total. The van der Waals surface area contributed by atoms with E-state index < -0.39 is 0 Å². The predicted molar refractivity (Wildman–Crippen MR) is 127 cm³/mol. The van der Waals surface area contributed by atoms with E-state index in [9.17, 15) is 4.79 Å². The third-order valence-corrected chi connectivity index (χ3v) is 6.58. The lowest BCUT2D eigenvalue weighted by Gasteiger charge is -2.26. The van der Waals surface area contributed by atoms with Crippen molar-refractivity contribution in [3.05, 3.63) is 65.7 Å². The first-order valence-electron chi connectivity index (χ1n) is 10.7. The van der Waals surface area contributed by atoms with Gasteiger partial charge in [0.15, 0.2) is 10.8 Å². The minimum absolute atomic E-state index is 0.0657. The van der Waals surface area contributed by atoms with Crippen LogP contribution in [-0.4, -0.2) is 57.5 Å². The fourth-order valence-electron chi connectivity index (χ4n) is 4.01. The Morgan fingerprint density at radius 1 is 1.09 bits per heavy atom. The van der Waals surface area contributed by atoms with E-state index in [0.29, 0.717) is 5.16 Å². The van der Waals surface area contributed by atoms with E-state index in [4.69, 9.17) is 4.74 Å². The summed E-state index contributed by atoms with van der Waals surface area (Å²) in [6, 6.07) is 18.3. The molecule has 0 bridgehead atoms. The molecule has 1 amide bonds. The van der Waals surface area contributed by atoms with E-state index in [1.165, 1.54) is 17.3 Å². The summed E-state index contributed by atoms with van der Waals surface area (Å²) in [5.74, 6) is 0.197. The second-order valence-electron chi connectivity index (χ2n) is 7.94. The van der Waals surface area contributed by atoms with E-state index in [2.05, 4.69) is 51.6 Å². The second-order valence-corrected chi connectivity index (χ2v) is 8.89. The van der Waals surface area contributed by atoms with Crippen LogP contribution in [0.15, 0.2) is 59.8 Å². The molecule has 0 atom stereocenters. The molecule has 32 heavy (non-hydrogen) atoms. The van der Waals surface area contributed by atoms with Crippen LogP contribution in [-0.2, 0) is 16.1 Å². The van der Waals surface area contributed by atoms with Crippen molar-refractivity contribution in [1.82, 2.24) is 19.5 Å². The lowest BCUT2D eigenvalue weighted by atomic mass is 10.1. The molecular weight excluding hydrogens is 422 g/mol. The molecule has 2 aromatic carbocycles. The first-order valence-corrected chi connectivity index (χ1v) is 11.7. The lowest BCUT2D eigenvalue weighted by molar-refractivity contribution is -0.113. The normalized spacial score (nSPS) is 14.8. The Balaban J connectivity index is 1.22. The molecule has 1 saturated heterocycles. The molecule has 2 aromatic heterocycles. The van der Waals surface area contributed by atoms with E-state index >= 15 is 0 Å². The Morgan fingerprint density at radius 2 is 1.88 bits per heavy atom. The summed E-state index contributed by atoms with van der Waals surface area (Å²) in [6.07, 6.45) is 0. The molecule has 1 aliphatic heterocycles. The largest absolute Gasteiger partial charge is 0.379 e. The summed E-state index contributed by atoms with van der Waals surface area (Å²) in [6.45, 7) is 6.49. The smallest absolute Gasteiger partial charge is 0.234 e. The number of anilines is 1. The molecule has 4 aromatic rings. The number of nitrogens with one attached hydrogen (secondary N) is 1. The third kappa shape index (κ3) is 4.48. The highest BCUT2D eigenvalue weighted by Crippen LogP contribution is 2.25. The van der Waals surface area contributed by atoms with Gasteiger partial charge in [-0.2, -0.15) is 0 Å². The highest BCUT2D eigenvalue weighted by molar-refractivity contribution is 7.99. The monoisotopic (exact) mass is 447 g/mol. The molecule has 164 valence electrons. The number of thioether (sulfide) groups is 1. The van der Waals surface area contributed by atoms with Crippen LogP contribution in [0, 0.1) is 6.92 Å². The first kappa shape index (κ1) is 20.9. The van der Waals surface area contributed by atoms with Crippen LogP contribution in [0.3, 0.4) is 0 Å². The molecule has 8 heteroatoms. The number of carbonyl (C=O) groups is 1. The van der Waals surface area contributed by atoms with Crippen LogP contribution in [0.5, 0.6) is 0 Å². The quantitative estimate of drug-likeness (QED) is 0.454. The van der Waals surface area contributed by atoms with Crippen LogP contribution >= 0.6 is 11.8 Å². The zero-order valence-electron chi connectivity index (χ0n) is 18.0. The summed E-state index contributed by atoms with van der Waals surface area (Å²) < 4.78 is 7.41. The molecule has 1 N–H and O–H groups in total. The van der Waals surface area contributed by atoms with Gasteiger partial charge in [-0.1, -0.05) is 42.1 Å². The molecule has 5 rings (SSSR count). The Bertz CT molecular complexity index is 1250. The maximum Gasteiger partial charge on any atom is 0.234 e. The van der Waals surface area contributed by atoms with Crippen LogP contribution in [0.2, 0.25) is 0 Å². The fourth-order valence-corrected chi connectivity index (χ4v) is 4.76. The standard InChI is InChI=1S/C24H25N5O2S/c1-17-14-22-26-27-24(29(22)21-5-3-2-4-20(17)21)32-16-23(30)25-19-8-6-18(7-9-19)15-28-10-12-31-13-11-28/h2-9,14H,10-13,15-16H2,1H3,(H,25,30).